The predicted molar refractivity (Wildman–Crippen MR) is 142 cm³/mol. The second kappa shape index (κ2) is 11.6. The van der Waals surface area contributed by atoms with Crippen molar-refractivity contribution in [2.24, 2.45) is 0 Å². The minimum Gasteiger partial charge on any atom is -0.502 e. The highest BCUT2D eigenvalue weighted by atomic mass is 19.1. The van der Waals surface area contributed by atoms with Gasteiger partial charge in [0.25, 0.3) is 0 Å². The number of methoxy groups -OCH3 is 1. The summed E-state index contributed by atoms with van der Waals surface area (Å²) in [6, 6.07) is 14.1. The fourth-order valence-corrected chi connectivity index (χ4v) is 4.83. The third kappa shape index (κ3) is 5.85. The maximum Gasteiger partial charge on any atom is 0.152 e. The van der Waals surface area contributed by atoms with Gasteiger partial charge in [-0.15, -0.1) is 0 Å². The first-order valence-electron chi connectivity index (χ1n) is 12.5. The number of nitrogens with zero attached hydrogens (tertiary/aromatic N) is 4. The molecule has 2 aromatic rings. The molecule has 4 rings (SSSR count). The number of Topliss-reactive ketones (excluding diaryl/α,β-unsaturated/α-hetero) is 1. The van der Waals surface area contributed by atoms with E-state index in [1.165, 1.54) is 12.1 Å². The van der Waals surface area contributed by atoms with Gasteiger partial charge in [0, 0.05) is 37.8 Å². The Kier molecular flexibility index (Phi) is 8.27. The van der Waals surface area contributed by atoms with Crippen LogP contribution >= 0.6 is 0 Å². The molecule has 2 aliphatic heterocycles. The molecule has 8 heteroatoms. The number of hydrogen-bond donors (Lipinski definition) is 0. The first kappa shape index (κ1) is 26.4. The number of nitriles is 1. The number of piperidine rings is 1. The van der Waals surface area contributed by atoms with Crippen molar-refractivity contribution in [3.63, 3.8) is 0 Å². The lowest BCUT2D eigenvalue weighted by molar-refractivity contribution is -0.119. The predicted octanol–water partition coefficient (Wildman–Crippen LogP) is 4.90. The highest BCUT2D eigenvalue weighted by Gasteiger charge is 2.34. The van der Waals surface area contributed by atoms with Gasteiger partial charge in [-0.25, -0.2) is 9.40 Å². The first-order chi connectivity index (χ1) is 17.8. The number of hydrogen-bond acceptors (Lipinski definition) is 7. The van der Waals surface area contributed by atoms with E-state index >= 15 is 0 Å². The van der Waals surface area contributed by atoms with Crippen LogP contribution in [0.25, 0.3) is 5.70 Å². The van der Waals surface area contributed by atoms with Crippen molar-refractivity contribution >= 4 is 22.9 Å². The van der Waals surface area contributed by atoms with Crippen molar-refractivity contribution in [2.45, 2.75) is 38.3 Å². The van der Waals surface area contributed by atoms with Crippen molar-refractivity contribution in [2.75, 3.05) is 43.8 Å². The number of carbonyl (C=O) groups is 1. The number of rotatable bonds is 9. The van der Waals surface area contributed by atoms with Crippen LogP contribution in [-0.2, 0) is 14.3 Å². The molecule has 1 saturated heterocycles. The molecule has 1 unspecified atom stereocenters. The van der Waals surface area contributed by atoms with Gasteiger partial charge in [0.05, 0.1) is 42.5 Å². The van der Waals surface area contributed by atoms with Gasteiger partial charge in [-0.2, -0.15) is 5.26 Å². The van der Waals surface area contributed by atoms with Crippen LogP contribution in [0.4, 0.5) is 15.8 Å². The molecule has 2 heterocycles. The number of anilines is 2. The molecule has 0 aromatic heterocycles. The Morgan fingerprint density at radius 2 is 1.84 bits per heavy atom. The Labute approximate surface area is 217 Å². The molecule has 0 bridgehead atoms. The van der Waals surface area contributed by atoms with E-state index in [0.29, 0.717) is 24.3 Å². The monoisotopic (exact) mass is 504 g/mol. The van der Waals surface area contributed by atoms with E-state index in [2.05, 4.69) is 23.6 Å². The van der Waals surface area contributed by atoms with Crippen LogP contribution in [-0.4, -0.2) is 56.8 Å². The van der Waals surface area contributed by atoms with Gasteiger partial charge in [0.15, 0.2) is 5.78 Å². The normalized spacial score (nSPS) is 18.5. The highest BCUT2D eigenvalue weighted by Crippen LogP contribution is 2.36. The van der Waals surface area contributed by atoms with Crippen molar-refractivity contribution < 1.29 is 18.7 Å². The molecule has 0 saturated carbocycles. The van der Waals surface area contributed by atoms with Gasteiger partial charge < -0.3 is 14.4 Å². The number of hydrazine groups is 1. The van der Waals surface area contributed by atoms with Gasteiger partial charge in [0.1, 0.15) is 17.9 Å². The van der Waals surface area contributed by atoms with Gasteiger partial charge in [-0.3, -0.25) is 9.80 Å². The van der Waals surface area contributed by atoms with Crippen molar-refractivity contribution in [3.05, 3.63) is 77.8 Å². The van der Waals surface area contributed by atoms with Crippen LogP contribution in [0.5, 0.6) is 0 Å². The summed E-state index contributed by atoms with van der Waals surface area (Å²) in [4.78, 5) is 14.7. The fourth-order valence-electron chi connectivity index (χ4n) is 4.83. The van der Waals surface area contributed by atoms with Gasteiger partial charge in [-0.1, -0.05) is 12.6 Å². The average molecular weight is 505 g/mol. The molecule has 1 atom stereocenters. The van der Waals surface area contributed by atoms with E-state index in [1.54, 1.807) is 20.1 Å². The van der Waals surface area contributed by atoms with Crippen LogP contribution in [0.2, 0.25) is 0 Å². The molecule has 0 radical (unpaired) electrons. The second-order valence-corrected chi connectivity index (χ2v) is 9.37. The van der Waals surface area contributed by atoms with Crippen molar-refractivity contribution in [3.8, 4) is 6.07 Å². The molecule has 0 N–H and O–H groups in total. The maximum absolute atomic E-state index is 14.4. The zero-order valence-corrected chi connectivity index (χ0v) is 21.6. The van der Waals surface area contributed by atoms with Crippen LogP contribution < -0.4 is 9.91 Å². The number of ether oxygens (including phenoxy) is 2. The van der Waals surface area contributed by atoms with Crippen molar-refractivity contribution in [1.29, 1.82) is 5.26 Å². The Balaban J connectivity index is 1.47. The highest BCUT2D eigenvalue weighted by molar-refractivity contribution is 5.92. The summed E-state index contributed by atoms with van der Waals surface area (Å²) in [7, 11) is 3.47. The molecule has 0 aliphatic carbocycles. The smallest absolute Gasteiger partial charge is 0.152 e. The lowest BCUT2D eigenvalue weighted by Gasteiger charge is -2.35. The molecule has 0 spiro atoms. The number of halogens is 1. The Bertz CT molecular complexity index is 1210. The Morgan fingerprint density at radius 3 is 2.43 bits per heavy atom. The van der Waals surface area contributed by atoms with Gasteiger partial charge >= 0.3 is 0 Å². The van der Waals surface area contributed by atoms with E-state index in [4.69, 9.17) is 14.7 Å². The third-order valence-electron chi connectivity index (χ3n) is 6.99. The van der Waals surface area contributed by atoms with Gasteiger partial charge in [0.2, 0.25) is 0 Å². The Morgan fingerprint density at radius 1 is 1.16 bits per heavy atom. The topological polar surface area (TPSA) is 69.0 Å². The molecular weight excluding hydrogens is 471 g/mol. The number of likely N-dealkylation sites (N-methyl/N-ethyl adjacent to an activating group) is 1. The summed E-state index contributed by atoms with van der Waals surface area (Å²) in [5, 5.41) is 12.9. The van der Waals surface area contributed by atoms with E-state index in [9.17, 15) is 9.18 Å². The molecule has 1 fully saturated rings. The van der Waals surface area contributed by atoms with Crippen LogP contribution in [0, 0.1) is 17.1 Å². The number of ketones is 1. The molecule has 37 heavy (non-hydrogen) atoms. The molecular formula is C29H33FN4O3. The molecule has 2 aliphatic rings. The molecule has 2 aromatic carbocycles. The van der Waals surface area contributed by atoms with E-state index in [-0.39, 0.29) is 17.5 Å². The Hall–Kier alpha value is -3.67. The fraction of sp³-hybridized carbons (Fsp3) is 0.379. The van der Waals surface area contributed by atoms with E-state index < -0.39 is 11.9 Å². The molecule has 0 amide bonds. The summed E-state index contributed by atoms with van der Waals surface area (Å²) in [5.41, 5.74) is 3.28. The quantitative estimate of drug-likeness (QED) is 0.450. The van der Waals surface area contributed by atoms with Crippen LogP contribution in [0.15, 0.2) is 60.9 Å². The average Bonchev–Trinajstić information content (AvgIpc) is 3.26. The summed E-state index contributed by atoms with van der Waals surface area (Å²) in [6.45, 7) is 7.80. The summed E-state index contributed by atoms with van der Waals surface area (Å²) in [5.74, 6) is 0.143. The van der Waals surface area contributed by atoms with E-state index in [1.807, 2.05) is 41.3 Å². The van der Waals surface area contributed by atoms with Crippen LogP contribution in [0.1, 0.15) is 37.3 Å². The van der Waals surface area contributed by atoms with E-state index in [0.717, 1.165) is 43.1 Å². The second-order valence-electron chi connectivity index (χ2n) is 9.37. The molecule has 194 valence electrons. The van der Waals surface area contributed by atoms with Crippen molar-refractivity contribution in [1.82, 2.24) is 5.01 Å². The lowest BCUT2D eigenvalue weighted by atomic mass is 10.1. The van der Waals surface area contributed by atoms with Gasteiger partial charge in [-0.05, 0) is 62.2 Å². The maximum atomic E-state index is 14.4. The zero-order chi connectivity index (χ0) is 26.5. The summed E-state index contributed by atoms with van der Waals surface area (Å²) in [6.07, 6.45) is 4.69. The lowest BCUT2D eigenvalue weighted by Crippen LogP contribution is -2.42. The SMILES string of the molecule is C=C(CCOC1CCN(c2ccc(N3C(c4ccc(C#N)c(F)c4)=CC(C(C)=O)N3C)cc2)CC1)OC. The number of benzene rings is 2. The minimum atomic E-state index is -0.582. The standard InChI is InChI=1S/C29H33FN4O3/c1-20(36-4)13-16-37-26-11-14-33(15-12-26)24-7-9-25(10-8-24)34-29(18-28(21(2)35)32(34)3)22-5-6-23(19-31)27(30)17-22/h5-10,17-18,26,28H,1,11-16H2,2-4H3. The molecule has 7 nitrogen and oxygen atoms in total. The third-order valence-corrected chi connectivity index (χ3v) is 6.99. The van der Waals surface area contributed by atoms with Crippen LogP contribution in [0.3, 0.4) is 0 Å². The number of carbonyl (C=O) groups excluding carboxylic acids is 1. The first-order valence-corrected chi connectivity index (χ1v) is 12.5. The largest absolute Gasteiger partial charge is 0.502 e. The summed E-state index contributed by atoms with van der Waals surface area (Å²) >= 11 is 0. The summed E-state index contributed by atoms with van der Waals surface area (Å²) < 4.78 is 25.5. The zero-order valence-electron chi connectivity index (χ0n) is 21.6. The minimum absolute atomic E-state index is 0.00939.